The molecule has 0 aliphatic heterocycles. The Morgan fingerprint density at radius 1 is 1.62 bits per heavy atom. The van der Waals surface area contributed by atoms with Gasteiger partial charge in [0.15, 0.2) is 17.3 Å². The molecule has 0 aliphatic rings. The number of hydrogen-bond acceptors (Lipinski definition) is 4. The van der Waals surface area contributed by atoms with Crippen LogP contribution in [-0.4, -0.2) is 20.8 Å². The van der Waals surface area contributed by atoms with Gasteiger partial charge >= 0.3 is 0 Å². The molecule has 13 heavy (non-hydrogen) atoms. The normalized spacial score (nSPS) is 10.3. The quantitative estimate of drug-likeness (QED) is 0.701. The highest BCUT2D eigenvalue weighted by Gasteiger charge is 2.12. The molecule has 0 spiro atoms. The molecule has 5 heteroatoms. The van der Waals surface area contributed by atoms with Gasteiger partial charge in [0.2, 0.25) is 0 Å². The summed E-state index contributed by atoms with van der Waals surface area (Å²) in [5.74, 6) is 0.237. The molecule has 72 valence electrons. The fourth-order valence-corrected chi connectivity index (χ4v) is 1.04. The third-order valence-electron chi connectivity index (χ3n) is 1.83. The van der Waals surface area contributed by atoms with E-state index in [1.807, 2.05) is 0 Å². The lowest BCUT2D eigenvalue weighted by molar-refractivity contribution is 0.101. The first-order valence-corrected chi connectivity index (χ1v) is 4.36. The molecule has 1 aromatic heterocycles. The molecule has 0 aromatic carbocycles. The summed E-state index contributed by atoms with van der Waals surface area (Å²) in [5, 5.41) is 7.50. The van der Waals surface area contributed by atoms with Crippen molar-refractivity contribution >= 4 is 11.6 Å². The number of ketones is 1. The predicted octanol–water partition coefficient (Wildman–Crippen LogP) is 0.863. The Balaban J connectivity index is 2.80. The van der Waals surface area contributed by atoms with E-state index in [2.05, 4.69) is 17.2 Å². The molecule has 0 bridgehead atoms. The van der Waals surface area contributed by atoms with Crippen molar-refractivity contribution < 1.29 is 4.79 Å². The Kier molecular flexibility index (Phi) is 3.00. The molecule has 0 atom stereocenters. The molecule has 0 fully saturated rings. The zero-order chi connectivity index (χ0) is 9.84. The van der Waals surface area contributed by atoms with Crippen molar-refractivity contribution in [2.24, 2.45) is 0 Å². The first-order valence-electron chi connectivity index (χ1n) is 4.36. The van der Waals surface area contributed by atoms with Crippen LogP contribution in [0.2, 0.25) is 0 Å². The van der Waals surface area contributed by atoms with Crippen molar-refractivity contribution in [3.05, 3.63) is 5.69 Å². The van der Waals surface area contributed by atoms with E-state index < -0.39 is 0 Å². The average molecular weight is 182 g/mol. The molecule has 0 radical (unpaired) electrons. The fraction of sp³-hybridized carbons (Fsp3) is 0.625. The summed E-state index contributed by atoms with van der Waals surface area (Å²) >= 11 is 0. The van der Waals surface area contributed by atoms with Gasteiger partial charge < -0.3 is 5.73 Å². The van der Waals surface area contributed by atoms with Crippen molar-refractivity contribution in [2.75, 3.05) is 5.73 Å². The van der Waals surface area contributed by atoms with E-state index in [0.29, 0.717) is 5.82 Å². The zero-order valence-corrected chi connectivity index (χ0v) is 7.95. The lowest BCUT2D eigenvalue weighted by Gasteiger charge is -2.00. The van der Waals surface area contributed by atoms with Crippen LogP contribution >= 0.6 is 0 Å². The van der Waals surface area contributed by atoms with Crippen LogP contribution in [0.3, 0.4) is 0 Å². The highest BCUT2D eigenvalue weighted by molar-refractivity contribution is 5.96. The van der Waals surface area contributed by atoms with Gasteiger partial charge in [0.05, 0.1) is 0 Å². The first kappa shape index (κ1) is 9.70. The standard InChI is InChI=1S/C8H14N4O/c1-3-4-5-12-8(9)7(6(2)13)10-11-12/h3-5,9H2,1-2H3. The Bertz CT molecular complexity index is 305. The molecule has 0 aliphatic carbocycles. The van der Waals surface area contributed by atoms with Crippen molar-refractivity contribution in [3.63, 3.8) is 0 Å². The number of aromatic nitrogens is 3. The molecular formula is C8H14N4O. The Labute approximate surface area is 76.9 Å². The number of hydrogen-bond donors (Lipinski definition) is 1. The third-order valence-corrected chi connectivity index (χ3v) is 1.83. The molecule has 0 amide bonds. The topological polar surface area (TPSA) is 73.8 Å². The van der Waals surface area contributed by atoms with Gasteiger partial charge in [-0.2, -0.15) is 0 Å². The molecule has 0 saturated heterocycles. The van der Waals surface area contributed by atoms with E-state index in [-0.39, 0.29) is 11.5 Å². The third kappa shape index (κ3) is 2.05. The average Bonchev–Trinajstić information content (AvgIpc) is 2.43. The minimum absolute atomic E-state index is 0.139. The van der Waals surface area contributed by atoms with Crippen molar-refractivity contribution in [1.29, 1.82) is 0 Å². The highest BCUT2D eigenvalue weighted by atomic mass is 16.1. The van der Waals surface area contributed by atoms with E-state index in [4.69, 9.17) is 5.73 Å². The van der Waals surface area contributed by atoms with Crippen LogP contribution in [0.4, 0.5) is 5.82 Å². The predicted molar refractivity (Wildman–Crippen MR) is 49.3 cm³/mol. The maximum atomic E-state index is 11.0. The Morgan fingerprint density at radius 3 is 2.77 bits per heavy atom. The van der Waals surface area contributed by atoms with Gasteiger partial charge in [-0.1, -0.05) is 18.6 Å². The smallest absolute Gasteiger partial charge is 0.183 e. The highest BCUT2D eigenvalue weighted by Crippen LogP contribution is 2.08. The molecule has 5 nitrogen and oxygen atoms in total. The van der Waals surface area contributed by atoms with E-state index in [1.165, 1.54) is 6.92 Å². The summed E-state index contributed by atoms with van der Waals surface area (Å²) in [7, 11) is 0. The Hall–Kier alpha value is -1.39. The molecule has 1 rings (SSSR count). The van der Waals surface area contributed by atoms with Crippen molar-refractivity contribution in [1.82, 2.24) is 15.0 Å². The number of carbonyl (C=O) groups is 1. The fourth-order valence-electron chi connectivity index (χ4n) is 1.04. The van der Waals surface area contributed by atoms with Crippen LogP contribution in [-0.2, 0) is 6.54 Å². The van der Waals surface area contributed by atoms with Crippen LogP contribution in [0, 0.1) is 0 Å². The van der Waals surface area contributed by atoms with Gasteiger partial charge in [-0.25, -0.2) is 4.68 Å². The van der Waals surface area contributed by atoms with Gasteiger partial charge in [0.25, 0.3) is 0 Å². The van der Waals surface area contributed by atoms with Gasteiger partial charge in [0, 0.05) is 13.5 Å². The first-order chi connectivity index (χ1) is 6.16. The number of nitrogens with two attached hydrogens (primary N) is 1. The van der Waals surface area contributed by atoms with E-state index in [1.54, 1.807) is 4.68 Å². The summed E-state index contributed by atoms with van der Waals surface area (Å²) in [6.07, 6.45) is 2.06. The largest absolute Gasteiger partial charge is 0.382 e. The van der Waals surface area contributed by atoms with Crippen LogP contribution < -0.4 is 5.73 Å². The number of unbranched alkanes of at least 4 members (excludes halogenated alkanes) is 1. The van der Waals surface area contributed by atoms with Crippen LogP contribution in [0.15, 0.2) is 0 Å². The minimum Gasteiger partial charge on any atom is -0.382 e. The SMILES string of the molecule is CCCCn1nnc(C(C)=O)c1N. The lowest BCUT2D eigenvalue weighted by atomic mass is 10.3. The molecule has 2 N–H and O–H groups in total. The van der Waals surface area contributed by atoms with Crippen molar-refractivity contribution in [2.45, 2.75) is 33.2 Å². The van der Waals surface area contributed by atoms with Gasteiger partial charge in [-0.3, -0.25) is 4.79 Å². The summed E-state index contributed by atoms with van der Waals surface area (Å²) in [4.78, 5) is 11.0. The molecule has 0 unspecified atom stereocenters. The second-order valence-electron chi connectivity index (χ2n) is 2.96. The molecule has 0 saturated carbocycles. The Morgan fingerprint density at radius 2 is 2.31 bits per heavy atom. The maximum absolute atomic E-state index is 11.0. The van der Waals surface area contributed by atoms with Gasteiger partial charge in [-0.05, 0) is 6.42 Å². The van der Waals surface area contributed by atoms with Gasteiger partial charge in [-0.15, -0.1) is 5.10 Å². The second kappa shape index (κ2) is 4.02. The molecule has 1 heterocycles. The van der Waals surface area contributed by atoms with Crippen molar-refractivity contribution in [3.8, 4) is 0 Å². The second-order valence-corrected chi connectivity index (χ2v) is 2.96. The number of carbonyl (C=O) groups excluding carboxylic acids is 1. The number of anilines is 1. The van der Waals surface area contributed by atoms with Gasteiger partial charge in [0.1, 0.15) is 0 Å². The number of Topliss-reactive ketones (excluding diaryl/α,β-unsaturated/α-hetero) is 1. The lowest BCUT2D eigenvalue weighted by Crippen LogP contribution is -2.06. The number of nitrogens with zero attached hydrogens (tertiary/aromatic N) is 3. The summed E-state index contributed by atoms with van der Waals surface area (Å²) in [5.41, 5.74) is 5.94. The number of aryl methyl sites for hydroxylation is 1. The minimum atomic E-state index is -0.139. The monoisotopic (exact) mass is 182 g/mol. The zero-order valence-electron chi connectivity index (χ0n) is 7.95. The van der Waals surface area contributed by atoms with Crippen LogP contribution in [0.25, 0.3) is 0 Å². The summed E-state index contributed by atoms with van der Waals surface area (Å²) in [6, 6.07) is 0. The number of nitrogen functional groups attached to an aromatic ring is 1. The summed E-state index contributed by atoms with van der Waals surface area (Å²) < 4.78 is 1.57. The van der Waals surface area contributed by atoms with Crippen LogP contribution in [0.1, 0.15) is 37.2 Å². The number of rotatable bonds is 4. The molecular weight excluding hydrogens is 168 g/mol. The van der Waals surface area contributed by atoms with E-state index in [0.717, 1.165) is 19.4 Å². The van der Waals surface area contributed by atoms with E-state index in [9.17, 15) is 4.79 Å². The summed E-state index contributed by atoms with van der Waals surface area (Å²) in [6.45, 7) is 4.24. The maximum Gasteiger partial charge on any atom is 0.183 e. The van der Waals surface area contributed by atoms with Crippen LogP contribution in [0.5, 0.6) is 0 Å². The van der Waals surface area contributed by atoms with E-state index >= 15 is 0 Å². The molecule has 1 aromatic rings.